The van der Waals surface area contributed by atoms with E-state index < -0.39 is 24.0 Å². The number of rotatable bonds is 3. The van der Waals surface area contributed by atoms with Crippen molar-refractivity contribution in [2.75, 3.05) is 0 Å². The van der Waals surface area contributed by atoms with Gasteiger partial charge in [0.2, 0.25) is 23.6 Å². The lowest BCUT2D eigenvalue weighted by Gasteiger charge is -2.30. The highest BCUT2D eigenvalue weighted by atomic mass is 16.2. The van der Waals surface area contributed by atoms with Gasteiger partial charge in [0.05, 0.1) is 0 Å². The van der Waals surface area contributed by atoms with Crippen LogP contribution < -0.4 is 16.4 Å². The third-order valence-electron chi connectivity index (χ3n) is 5.04. The summed E-state index contributed by atoms with van der Waals surface area (Å²) in [6.07, 6.45) is 4.31. The smallest absolute Gasteiger partial charge is 0.246 e. The highest BCUT2D eigenvalue weighted by Crippen LogP contribution is 2.31. The highest BCUT2D eigenvalue weighted by Gasteiger charge is 2.44. The van der Waals surface area contributed by atoms with Gasteiger partial charge in [-0.15, -0.1) is 0 Å². The van der Waals surface area contributed by atoms with E-state index >= 15 is 0 Å². The molecule has 0 aromatic rings. The second kappa shape index (κ2) is 6.17. The first-order valence-corrected chi connectivity index (χ1v) is 8.18. The summed E-state index contributed by atoms with van der Waals surface area (Å²) in [5.41, 5.74) is 5.41. The van der Waals surface area contributed by atoms with Crippen LogP contribution in [-0.2, 0) is 19.2 Å². The van der Waals surface area contributed by atoms with Crippen molar-refractivity contribution in [3.05, 3.63) is 0 Å². The molecule has 0 saturated carbocycles. The molecule has 0 unspecified atom stereocenters. The second-order valence-electron chi connectivity index (χ2n) is 6.55. The molecule has 3 aliphatic heterocycles. The molecule has 0 radical (unpaired) electrons. The number of hydrogen-bond donors (Lipinski definition) is 3. The molecule has 0 aliphatic carbocycles. The van der Waals surface area contributed by atoms with Gasteiger partial charge in [-0.3, -0.25) is 19.2 Å². The van der Waals surface area contributed by atoms with Gasteiger partial charge in [-0.2, -0.15) is 0 Å². The zero-order valence-corrected chi connectivity index (χ0v) is 12.9. The summed E-state index contributed by atoms with van der Waals surface area (Å²) in [7, 11) is 0. The molecule has 0 aromatic carbocycles. The summed E-state index contributed by atoms with van der Waals surface area (Å²) in [4.78, 5) is 49.4. The molecule has 3 saturated heterocycles. The molecular weight excluding hydrogens is 300 g/mol. The van der Waals surface area contributed by atoms with E-state index in [1.165, 1.54) is 0 Å². The Morgan fingerprint density at radius 2 is 1.91 bits per heavy atom. The quantitative estimate of drug-likeness (QED) is 0.603. The van der Waals surface area contributed by atoms with Crippen molar-refractivity contribution in [1.29, 1.82) is 0 Å². The van der Waals surface area contributed by atoms with Gasteiger partial charge in [-0.25, -0.2) is 0 Å². The van der Waals surface area contributed by atoms with Crippen LogP contribution in [0.2, 0.25) is 0 Å². The average molecular weight is 322 g/mol. The molecule has 4 atom stereocenters. The predicted molar refractivity (Wildman–Crippen MR) is 79.8 cm³/mol. The van der Waals surface area contributed by atoms with Crippen LogP contribution in [0.5, 0.6) is 0 Å². The number of fused-ring (bicyclic) bond motifs is 1. The molecule has 126 valence electrons. The monoisotopic (exact) mass is 322 g/mol. The zero-order chi connectivity index (χ0) is 16.6. The normalized spacial score (nSPS) is 33.8. The fourth-order valence-corrected chi connectivity index (χ4v) is 3.86. The van der Waals surface area contributed by atoms with E-state index in [0.29, 0.717) is 25.7 Å². The van der Waals surface area contributed by atoms with Gasteiger partial charge in [0, 0.05) is 12.5 Å². The van der Waals surface area contributed by atoms with Gasteiger partial charge < -0.3 is 21.3 Å². The van der Waals surface area contributed by atoms with Crippen LogP contribution in [0.1, 0.15) is 44.9 Å². The molecule has 0 spiro atoms. The molecule has 3 heterocycles. The minimum Gasteiger partial charge on any atom is -0.368 e. The molecule has 3 rings (SSSR count). The molecule has 4 N–H and O–H groups in total. The van der Waals surface area contributed by atoms with E-state index in [2.05, 4.69) is 10.6 Å². The summed E-state index contributed by atoms with van der Waals surface area (Å²) in [5.74, 6) is -1.20. The van der Waals surface area contributed by atoms with E-state index in [9.17, 15) is 19.2 Å². The number of nitrogens with zero attached hydrogens (tertiary/aromatic N) is 1. The van der Waals surface area contributed by atoms with Gasteiger partial charge in [0.1, 0.15) is 18.1 Å². The highest BCUT2D eigenvalue weighted by molar-refractivity contribution is 5.95. The van der Waals surface area contributed by atoms with Gasteiger partial charge >= 0.3 is 0 Å². The minimum atomic E-state index is -0.648. The summed E-state index contributed by atoms with van der Waals surface area (Å²) in [5, 5.41) is 5.34. The third kappa shape index (κ3) is 3.02. The molecule has 8 heteroatoms. The maximum atomic E-state index is 12.8. The lowest BCUT2D eigenvalue weighted by Crippen LogP contribution is -2.55. The topological polar surface area (TPSA) is 122 Å². The maximum Gasteiger partial charge on any atom is 0.246 e. The van der Waals surface area contributed by atoms with Crippen LogP contribution >= 0.6 is 0 Å². The van der Waals surface area contributed by atoms with Crippen molar-refractivity contribution in [3.8, 4) is 0 Å². The van der Waals surface area contributed by atoms with Crippen LogP contribution in [0.25, 0.3) is 0 Å². The van der Waals surface area contributed by atoms with E-state index in [-0.39, 0.29) is 23.8 Å². The van der Waals surface area contributed by atoms with Gasteiger partial charge in [0.25, 0.3) is 0 Å². The number of primary amides is 1. The number of carbonyl (C=O) groups is 4. The van der Waals surface area contributed by atoms with Crippen molar-refractivity contribution < 1.29 is 19.2 Å². The second-order valence-corrected chi connectivity index (χ2v) is 6.55. The Morgan fingerprint density at radius 1 is 1.13 bits per heavy atom. The number of amides is 4. The molecule has 4 amide bonds. The summed E-state index contributed by atoms with van der Waals surface area (Å²) >= 11 is 0. The Morgan fingerprint density at radius 3 is 2.57 bits per heavy atom. The number of carbonyl (C=O) groups excluding carboxylic acids is 4. The Labute approximate surface area is 134 Å². The van der Waals surface area contributed by atoms with Crippen LogP contribution in [0.4, 0.5) is 0 Å². The van der Waals surface area contributed by atoms with Crippen LogP contribution in [-0.4, -0.2) is 52.7 Å². The van der Waals surface area contributed by atoms with Crippen molar-refractivity contribution in [1.82, 2.24) is 15.5 Å². The zero-order valence-electron chi connectivity index (χ0n) is 12.9. The van der Waals surface area contributed by atoms with E-state index in [4.69, 9.17) is 5.73 Å². The van der Waals surface area contributed by atoms with E-state index in [0.717, 1.165) is 19.3 Å². The SMILES string of the molecule is NC(=O)[C@@H]1CC[C@@H]2CCC[C@H](NC(=O)[C@@H]3CCC(=O)N3)C(=O)N21. The fraction of sp³-hybridized carbons (Fsp3) is 0.733. The Hall–Kier alpha value is -2.12. The molecule has 0 bridgehead atoms. The minimum absolute atomic E-state index is 0.0353. The lowest BCUT2D eigenvalue weighted by atomic mass is 10.1. The van der Waals surface area contributed by atoms with Crippen LogP contribution in [0, 0.1) is 0 Å². The average Bonchev–Trinajstić information content (AvgIpc) is 3.08. The summed E-state index contributed by atoms with van der Waals surface area (Å²) in [6, 6.07) is -1.76. The van der Waals surface area contributed by atoms with Crippen LogP contribution in [0.3, 0.4) is 0 Å². The predicted octanol–water partition coefficient (Wildman–Crippen LogP) is -1.22. The largest absolute Gasteiger partial charge is 0.368 e. The number of hydrogen-bond acceptors (Lipinski definition) is 4. The van der Waals surface area contributed by atoms with Crippen molar-refractivity contribution in [2.24, 2.45) is 5.73 Å². The van der Waals surface area contributed by atoms with Gasteiger partial charge in [-0.05, 0) is 38.5 Å². The first kappa shape index (κ1) is 15.8. The molecule has 0 aromatic heterocycles. The fourth-order valence-electron chi connectivity index (χ4n) is 3.86. The first-order valence-electron chi connectivity index (χ1n) is 8.18. The van der Waals surface area contributed by atoms with E-state index in [1.807, 2.05) is 0 Å². The Bertz CT molecular complexity index is 550. The van der Waals surface area contributed by atoms with Gasteiger partial charge in [0.15, 0.2) is 0 Å². The maximum absolute atomic E-state index is 12.8. The first-order chi connectivity index (χ1) is 11.0. The third-order valence-corrected chi connectivity index (χ3v) is 5.04. The molecular formula is C15H22N4O4. The number of nitrogens with one attached hydrogen (secondary N) is 2. The van der Waals surface area contributed by atoms with E-state index in [1.54, 1.807) is 4.90 Å². The van der Waals surface area contributed by atoms with Crippen molar-refractivity contribution in [2.45, 2.75) is 69.1 Å². The standard InChI is InChI=1S/C15H22N4O4/c16-13(21)11-6-4-8-2-1-3-10(15(23)19(8)11)18-14(22)9-5-7-12(20)17-9/h8-11H,1-7H2,(H2,16,21)(H,17,20)(H,18,22)/t8-,9-,10-,11-/m0/s1. The summed E-state index contributed by atoms with van der Waals surface area (Å²) in [6.45, 7) is 0. The Balaban J connectivity index is 1.70. The molecule has 23 heavy (non-hydrogen) atoms. The number of nitrogens with two attached hydrogens (primary N) is 1. The summed E-state index contributed by atoms with van der Waals surface area (Å²) < 4.78 is 0. The molecule has 8 nitrogen and oxygen atoms in total. The lowest BCUT2D eigenvalue weighted by molar-refractivity contribution is -0.142. The van der Waals surface area contributed by atoms with Gasteiger partial charge in [-0.1, -0.05) is 0 Å². The van der Waals surface area contributed by atoms with Crippen molar-refractivity contribution >= 4 is 23.6 Å². The Kier molecular flexibility index (Phi) is 4.23. The van der Waals surface area contributed by atoms with Crippen molar-refractivity contribution in [3.63, 3.8) is 0 Å². The molecule has 3 aliphatic rings. The molecule has 3 fully saturated rings. The van der Waals surface area contributed by atoms with Crippen LogP contribution in [0.15, 0.2) is 0 Å².